The van der Waals surface area contributed by atoms with Gasteiger partial charge in [0.1, 0.15) is 0 Å². The van der Waals surface area contributed by atoms with Crippen molar-refractivity contribution in [3.05, 3.63) is 36.2 Å². The fraction of sp³-hybridized carbons (Fsp3) is 0.308. The predicted molar refractivity (Wildman–Crippen MR) is 68.4 cm³/mol. The van der Waals surface area contributed by atoms with Crippen LogP contribution in [-0.2, 0) is 5.41 Å². The summed E-state index contributed by atoms with van der Waals surface area (Å²) in [5.41, 5.74) is 8.19. The van der Waals surface area contributed by atoms with Gasteiger partial charge >= 0.3 is 0 Å². The van der Waals surface area contributed by atoms with Crippen molar-refractivity contribution in [1.82, 2.24) is 15.0 Å². The van der Waals surface area contributed by atoms with Crippen LogP contribution >= 0.6 is 0 Å². The normalized spacial score (nSPS) is 11.5. The van der Waals surface area contributed by atoms with Crippen LogP contribution < -0.4 is 5.73 Å². The van der Waals surface area contributed by atoms with Gasteiger partial charge in [0, 0.05) is 11.6 Å². The molecule has 0 amide bonds. The summed E-state index contributed by atoms with van der Waals surface area (Å²) in [6, 6.07) is 7.66. The van der Waals surface area contributed by atoms with Crippen LogP contribution in [0.15, 0.2) is 30.5 Å². The highest BCUT2D eigenvalue weighted by Crippen LogP contribution is 2.24. The summed E-state index contributed by atoms with van der Waals surface area (Å²) in [7, 11) is 0. The van der Waals surface area contributed by atoms with E-state index in [2.05, 4.69) is 35.7 Å². The van der Waals surface area contributed by atoms with Gasteiger partial charge in [-0.3, -0.25) is 4.98 Å². The number of anilines is 1. The summed E-state index contributed by atoms with van der Waals surface area (Å²) < 4.78 is 0. The molecule has 0 saturated heterocycles. The maximum Gasteiger partial charge on any atom is 0.220 e. The Morgan fingerprint density at radius 3 is 2.41 bits per heavy atom. The van der Waals surface area contributed by atoms with Gasteiger partial charge in [0.15, 0.2) is 0 Å². The van der Waals surface area contributed by atoms with E-state index in [9.17, 15) is 0 Å². The Bertz CT molecular complexity index is 515. The number of nitrogens with zero attached hydrogens (tertiary/aromatic N) is 3. The molecule has 0 spiro atoms. The SMILES string of the molecule is CC(C)(C)c1cc(-c2ccccn2)nc(N)n1. The van der Waals surface area contributed by atoms with Crippen molar-refractivity contribution in [2.45, 2.75) is 26.2 Å². The zero-order valence-electron chi connectivity index (χ0n) is 10.3. The minimum atomic E-state index is -0.0550. The number of nitrogen functional groups attached to an aromatic ring is 1. The zero-order chi connectivity index (χ0) is 12.5. The fourth-order valence-electron chi connectivity index (χ4n) is 1.50. The van der Waals surface area contributed by atoms with Crippen LogP contribution in [0.4, 0.5) is 5.95 Å². The Morgan fingerprint density at radius 2 is 1.82 bits per heavy atom. The molecule has 0 saturated carbocycles. The van der Waals surface area contributed by atoms with Crippen LogP contribution in [0.5, 0.6) is 0 Å². The highest BCUT2D eigenvalue weighted by atomic mass is 15.0. The third-order valence-electron chi connectivity index (χ3n) is 2.44. The largest absolute Gasteiger partial charge is 0.368 e. The van der Waals surface area contributed by atoms with E-state index in [4.69, 9.17) is 5.73 Å². The highest BCUT2D eigenvalue weighted by molar-refractivity contribution is 5.56. The first kappa shape index (κ1) is 11.5. The van der Waals surface area contributed by atoms with Gasteiger partial charge in [-0.15, -0.1) is 0 Å². The van der Waals surface area contributed by atoms with Gasteiger partial charge in [-0.25, -0.2) is 9.97 Å². The number of rotatable bonds is 1. The number of hydrogen-bond acceptors (Lipinski definition) is 4. The van der Waals surface area contributed by atoms with Gasteiger partial charge in [-0.1, -0.05) is 26.8 Å². The van der Waals surface area contributed by atoms with E-state index >= 15 is 0 Å². The monoisotopic (exact) mass is 228 g/mol. The zero-order valence-corrected chi connectivity index (χ0v) is 10.3. The molecule has 2 aromatic heterocycles. The Balaban J connectivity index is 2.54. The van der Waals surface area contributed by atoms with Gasteiger partial charge in [0.05, 0.1) is 17.1 Å². The minimum absolute atomic E-state index is 0.0550. The quantitative estimate of drug-likeness (QED) is 0.814. The van der Waals surface area contributed by atoms with E-state index in [0.717, 1.165) is 17.1 Å². The molecule has 0 aliphatic heterocycles. The molecule has 0 bridgehead atoms. The second-order valence-corrected chi connectivity index (χ2v) is 4.96. The predicted octanol–water partition coefficient (Wildman–Crippen LogP) is 2.42. The van der Waals surface area contributed by atoms with Crippen molar-refractivity contribution < 1.29 is 0 Å². The molecule has 4 nitrogen and oxygen atoms in total. The molecule has 4 heteroatoms. The van der Waals surface area contributed by atoms with E-state index in [1.807, 2.05) is 24.3 Å². The molecule has 2 rings (SSSR count). The molecule has 0 aromatic carbocycles. The van der Waals surface area contributed by atoms with Gasteiger partial charge in [-0.2, -0.15) is 0 Å². The molecule has 17 heavy (non-hydrogen) atoms. The third kappa shape index (κ3) is 2.58. The number of hydrogen-bond donors (Lipinski definition) is 1. The van der Waals surface area contributed by atoms with Gasteiger partial charge in [-0.05, 0) is 18.2 Å². The molecule has 88 valence electrons. The molecule has 2 aromatic rings. The van der Waals surface area contributed by atoms with Crippen molar-refractivity contribution in [2.75, 3.05) is 5.73 Å². The topological polar surface area (TPSA) is 64.7 Å². The average Bonchev–Trinajstić information content (AvgIpc) is 2.28. The maximum absolute atomic E-state index is 5.74. The first-order valence-corrected chi connectivity index (χ1v) is 5.53. The molecule has 0 atom stereocenters. The Hall–Kier alpha value is -1.97. The van der Waals surface area contributed by atoms with Gasteiger partial charge in [0.25, 0.3) is 0 Å². The Labute approximate surface area is 101 Å². The number of aromatic nitrogens is 3. The molecule has 0 unspecified atom stereocenters. The lowest BCUT2D eigenvalue weighted by molar-refractivity contribution is 0.568. The first-order chi connectivity index (χ1) is 7.97. The average molecular weight is 228 g/mol. The summed E-state index contributed by atoms with van der Waals surface area (Å²) >= 11 is 0. The van der Waals surface area contributed by atoms with E-state index < -0.39 is 0 Å². The fourth-order valence-corrected chi connectivity index (χ4v) is 1.50. The number of pyridine rings is 1. The maximum atomic E-state index is 5.74. The molecule has 0 aliphatic carbocycles. The highest BCUT2D eigenvalue weighted by Gasteiger charge is 2.18. The molecule has 0 radical (unpaired) electrons. The van der Waals surface area contributed by atoms with Crippen LogP contribution in [0.1, 0.15) is 26.5 Å². The summed E-state index contributed by atoms with van der Waals surface area (Å²) in [5, 5.41) is 0. The summed E-state index contributed by atoms with van der Waals surface area (Å²) in [5.74, 6) is 0.290. The van der Waals surface area contributed by atoms with Crippen molar-refractivity contribution in [1.29, 1.82) is 0 Å². The van der Waals surface area contributed by atoms with Crippen LogP contribution in [0.25, 0.3) is 11.4 Å². The standard InChI is InChI=1S/C13H16N4/c1-13(2,3)11-8-10(16-12(14)17-11)9-6-4-5-7-15-9/h4-8H,1-3H3,(H2,14,16,17). The van der Waals surface area contributed by atoms with Crippen molar-refractivity contribution in [2.24, 2.45) is 0 Å². The minimum Gasteiger partial charge on any atom is -0.368 e. The molecule has 2 N–H and O–H groups in total. The second-order valence-electron chi connectivity index (χ2n) is 4.96. The van der Waals surface area contributed by atoms with E-state index in [-0.39, 0.29) is 11.4 Å². The van der Waals surface area contributed by atoms with Crippen molar-refractivity contribution in [3.8, 4) is 11.4 Å². The summed E-state index contributed by atoms with van der Waals surface area (Å²) in [4.78, 5) is 12.8. The Kier molecular flexibility index (Phi) is 2.79. The molecular formula is C13H16N4. The molecule has 0 aliphatic rings. The molecular weight excluding hydrogens is 212 g/mol. The third-order valence-corrected chi connectivity index (χ3v) is 2.44. The van der Waals surface area contributed by atoms with Crippen LogP contribution in [0.3, 0.4) is 0 Å². The van der Waals surface area contributed by atoms with E-state index in [0.29, 0.717) is 0 Å². The smallest absolute Gasteiger partial charge is 0.220 e. The lowest BCUT2D eigenvalue weighted by Gasteiger charge is -2.18. The summed E-state index contributed by atoms with van der Waals surface area (Å²) in [6.07, 6.45) is 1.74. The van der Waals surface area contributed by atoms with Crippen LogP contribution in [0, 0.1) is 0 Å². The van der Waals surface area contributed by atoms with Gasteiger partial charge < -0.3 is 5.73 Å². The van der Waals surface area contributed by atoms with Crippen molar-refractivity contribution >= 4 is 5.95 Å². The van der Waals surface area contributed by atoms with Crippen LogP contribution in [0.2, 0.25) is 0 Å². The van der Waals surface area contributed by atoms with Crippen LogP contribution in [-0.4, -0.2) is 15.0 Å². The summed E-state index contributed by atoms with van der Waals surface area (Å²) in [6.45, 7) is 6.28. The van der Waals surface area contributed by atoms with E-state index in [1.54, 1.807) is 6.20 Å². The lowest BCUT2D eigenvalue weighted by atomic mass is 9.91. The molecule has 0 fully saturated rings. The van der Waals surface area contributed by atoms with Crippen molar-refractivity contribution in [3.63, 3.8) is 0 Å². The molecule has 2 heterocycles. The first-order valence-electron chi connectivity index (χ1n) is 5.53. The van der Waals surface area contributed by atoms with Gasteiger partial charge in [0.2, 0.25) is 5.95 Å². The Morgan fingerprint density at radius 1 is 1.06 bits per heavy atom. The number of nitrogens with two attached hydrogens (primary N) is 1. The second kappa shape index (κ2) is 4.13. The lowest BCUT2D eigenvalue weighted by Crippen LogP contribution is -2.15. The van der Waals surface area contributed by atoms with E-state index in [1.165, 1.54) is 0 Å².